The molecule has 2 N–H and O–H groups in total. The van der Waals surface area contributed by atoms with Crippen LogP contribution >= 0.6 is 11.6 Å². The van der Waals surface area contributed by atoms with Crippen LogP contribution in [0.5, 0.6) is 0 Å². The second kappa shape index (κ2) is 7.98. The number of nitrogens with one attached hydrogen (secondary N) is 2. The van der Waals surface area contributed by atoms with Gasteiger partial charge in [0.2, 0.25) is 5.95 Å². The average Bonchev–Trinajstić information content (AvgIpc) is 3.70. The molecule has 1 aliphatic heterocycles. The van der Waals surface area contributed by atoms with Gasteiger partial charge in [0.05, 0.1) is 0 Å². The number of nitrogens with zero attached hydrogens (tertiary/aromatic N) is 4. The van der Waals surface area contributed by atoms with Gasteiger partial charge in [-0.15, -0.1) is 0 Å². The summed E-state index contributed by atoms with van der Waals surface area (Å²) in [5.74, 6) is 1.35. The molecule has 2 unspecified atom stereocenters. The number of carbonyl (C=O) groups excluding carboxylic acids is 1. The zero-order valence-corrected chi connectivity index (χ0v) is 19.9. The first-order valence-corrected chi connectivity index (χ1v) is 12.3. The minimum atomic E-state index is -0.0668. The van der Waals surface area contributed by atoms with Crippen molar-refractivity contribution in [3.63, 3.8) is 0 Å². The van der Waals surface area contributed by atoms with E-state index in [2.05, 4.69) is 15.6 Å². The number of pyridine rings is 1. The van der Waals surface area contributed by atoms with Crippen LogP contribution in [0.2, 0.25) is 5.02 Å². The Morgan fingerprint density at radius 3 is 2.56 bits per heavy atom. The molecule has 1 saturated heterocycles. The van der Waals surface area contributed by atoms with E-state index >= 15 is 0 Å². The third-order valence-corrected chi connectivity index (χ3v) is 7.37. The van der Waals surface area contributed by atoms with Crippen molar-refractivity contribution in [3.05, 3.63) is 51.9 Å². The number of likely N-dealkylation sites (tertiary alicyclic amines) is 1. The van der Waals surface area contributed by atoms with E-state index < -0.39 is 0 Å². The molecule has 0 spiro atoms. The van der Waals surface area contributed by atoms with E-state index in [-0.39, 0.29) is 29.7 Å². The molecule has 3 aliphatic rings. The van der Waals surface area contributed by atoms with Crippen LogP contribution in [-0.4, -0.2) is 50.6 Å². The molecule has 9 heteroatoms. The Morgan fingerprint density at radius 2 is 1.88 bits per heavy atom. The maximum Gasteiger partial charge on any atom is 0.317 e. The Morgan fingerprint density at radius 1 is 1.15 bits per heavy atom. The standard InChI is InChI=1S/C25H27ClN6O2/c1-13(2)28-25(34)31-11-18-19(12-31)21(18)29-24-27-10-14-9-17(16-5-3-4-6-20(16)26)23(33)32(15-7-8-15)22(14)30-24/h3-6,9-10,13,15,18-19,21H,7-8,11-12H2,1-2H3,(H,28,34)(H,27,29,30). The van der Waals surface area contributed by atoms with Gasteiger partial charge in [0.25, 0.3) is 5.56 Å². The predicted molar refractivity (Wildman–Crippen MR) is 132 cm³/mol. The van der Waals surface area contributed by atoms with Gasteiger partial charge in [0, 0.05) is 70.8 Å². The number of halogens is 1. The number of carbonyl (C=O) groups is 1. The maximum atomic E-state index is 13.5. The first-order valence-electron chi connectivity index (χ1n) is 11.9. The van der Waals surface area contributed by atoms with Gasteiger partial charge in [-0.2, -0.15) is 4.98 Å². The molecule has 8 nitrogen and oxygen atoms in total. The third-order valence-electron chi connectivity index (χ3n) is 7.04. The number of hydrogen-bond acceptors (Lipinski definition) is 5. The Bertz CT molecular complexity index is 1340. The summed E-state index contributed by atoms with van der Waals surface area (Å²) in [6.07, 6.45) is 3.72. The first-order chi connectivity index (χ1) is 16.4. The van der Waals surface area contributed by atoms with E-state index in [1.54, 1.807) is 12.3 Å². The number of anilines is 1. The number of urea groups is 1. The summed E-state index contributed by atoms with van der Waals surface area (Å²) in [6.45, 7) is 5.41. The minimum absolute atomic E-state index is 0.00526. The Kier molecular flexibility index (Phi) is 5.02. The quantitative estimate of drug-likeness (QED) is 0.580. The summed E-state index contributed by atoms with van der Waals surface area (Å²) < 4.78 is 1.81. The fourth-order valence-corrected chi connectivity index (χ4v) is 5.36. The molecule has 1 aromatic carbocycles. The number of fused-ring (bicyclic) bond motifs is 2. The molecule has 0 radical (unpaired) electrons. The summed E-state index contributed by atoms with van der Waals surface area (Å²) in [6, 6.07) is 9.81. The van der Waals surface area contributed by atoms with Crippen LogP contribution in [-0.2, 0) is 0 Å². The molecule has 3 heterocycles. The normalized spacial score (nSPS) is 23.3. The zero-order valence-electron chi connectivity index (χ0n) is 19.2. The van der Waals surface area contributed by atoms with E-state index in [1.165, 1.54) is 0 Å². The lowest BCUT2D eigenvalue weighted by Gasteiger charge is -2.22. The molecule has 34 heavy (non-hydrogen) atoms. The van der Waals surface area contributed by atoms with E-state index in [4.69, 9.17) is 16.6 Å². The number of aromatic nitrogens is 3. The van der Waals surface area contributed by atoms with E-state index in [1.807, 2.05) is 47.6 Å². The third kappa shape index (κ3) is 3.70. The van der Waals surface area contributed by atoms with Crippen molar-refractivity contribution in [2.75, 3.05) is 18.4 Å². The summed E-state index contributed by atoms with van der Waals surface area (Å²) in [7, 11) is 0. The lowest BCUT2D eigenvalue weighted by molar-refractivity contribution is 0.200. The summed E-state index contributed by atoms with van der Waals surface area (Å²) in [5.41, 5.74) is 1.89. The predicted octanol–water partition coefficient (Wildman–Crippen LogP) is 3.91. The Hall–Kier alpha value is -3.13. The summed E-state index contributed by atoms with van der Waals surface area (Å²) in [4.78, 5) is 36.9. The SMILES string of the molecule is CC(C)NC(=O)N1CC2C(C1)C2Nc1ncc2cc(-c3ccccc3Cl)c(=O)n(C3CC3)c2n1. The van der Waals surface area contributed by atoms with Crippen molar-refractivity contribution in [3.8, 4) is 11.1 Å². The van der Waals surface area contributed by atoms with Crippen LogP contribution < -0.4 is 16.2 Å². The molecule has 3 fully saturated rings. The minimum Gasteiger partial charge on any atom is -0.351 e. The van der Waals surface area contributed by atoms with Crippen LogP contribution in [0.4, 0.5) is 10.7 Å². The second-order valence-corrected chi connectivity index (χ2v) is 10.3. The van der Waals surface area contributed by atoms with Gasteiger partial charge < -0.3 is 15.5 Å². The molecule has 3 aromatic rings. The number of piperidine rings is 1. The lowest BCUT2D eigenvalue weighted by Crippen LogP contribution is -2.43. The highest BCUT2D eigenvalue weighted by Gasteiger charge is 2.57. The first kappa shape index (κ1) is 21.4. The highest BCUT2D eigenvalue weighted by molar-refractivity contribution is 6.33. The van der Waals surface area contributed by atoms with Crippen LogP contribution in [0, 0.1) is 11.8 Å². The molecule has 6 rings (SSSR count). The average molecular weight is 479 g/mol. The van der Waals surface area contributed by atoms with Crippen molar-refractivity contribution in [2.45, 2.75) is 44.8 Å². The van der Waals surface area contributed by atoms with Crippen LogP contribution in [0.1, 0.15) is 32.7 Å². The van der Waals surface area contributed by atoms with Gasteiger partial charge in [0.1, 0.15) is 5.65 Å². The van der Waals surface area contributed by atoms with E-state index in [0.29, 0.717) is 34.0 Å². The fourth-order valence-electron chi connectivity index (χ4n) is 5.13. The van der Waals surface area contributed by atoms with Crippen molar-refractivity contribution in [2.24, 2.45) is 11.8 Å². The van der Waals surface area contributed by atoms with Gasteiger partial charge in [-0.25, -0.2) is 9.78 Å². The van der Waals surface area contributed by atoms with Crippen molar-refractivity contribution in [1.82, 2.24) is 24.8 Å². The van der Waals surface area contributed by atoms with Gasteiger partial charge in [-0.05, 0) is 38.8 Å². The molecule has 2 atom stereocenters. The highest BCUT2D eigenvalue weighted by Crippen LogP contribution is 2.47. The van der Waals surface area contributed by atoms with Crippen molar-refractivity contribution in [1.29, 1.82) is 0 Å². The van der Waals surface area contributed by atoms with Crippen LogP contribution in [0.25, 0.3) is 22.2 Å². The molecular formula is C25H27ClN6O2. The second-order valence-electron chi connectivity index (χ2n) is 9.92. The molecule has 2 amide bonds. The van der Waals surface area contributed by atoms with Gasteiger partial charge in [-0.3, -0.25) is 9.36 Å². The lowest BCUT2D eigenvalue weighted by atomic mass is 10.1. The number of benzene rings is 1. The van der Waals surface area contributed by atoms with Gasteiger partial charge in [0.15, 0.2) is 0 Å². The fraction of sp³-hybridized carbons (Fsp3) is 0.440. The van der Waals surface area contributed by atoms with Gasteiger partial charge >= 0.3 is 6.03 Å². The molecule has 2 aliphatic carbocycles. The molecule has 2 saturated carbocycles. The highest BCUT2D eigenvalue weighted by atomic mass is 35.5. The Balaban J connectivity index is 1.26. The van der Waals surface area contributed by atoms with Crippen molar-refractivity contribution < 1.29 is 4.79 Å². The van der Waals surface area contributed by atoms with E-state index in [9.17, 15) is 9.59 Å². The Labute approximate surface area is 202 Å². The maximum absolute atomic E-state index is 13.5. The summed E-state index contributed by atoms with van der Waals surface area (Å²) in [5, 5.41) is 7.79. The largest absolute Gasteiger partial charge is 0.351 e. The van der Waals surface area contributed by atoms with E-state index in [0.717, 1.165) is 36.9 Å². The molecule has 176 valence electrons. The van der Waals surface area contributed by atoms with Crippen LogP contribution in [0.3, 0.4) is 0 Å². The number of rotatable bonds is 5. The zero-order chi connectivity index (χ0) is 23.6. The smallest absolute Gasteiger partial charge is 0.317 e. The molecule has 0 bridgehead atoms. The number of hydrogen-bond donors (Lipinski definition) is 2. The van der Waals surface area contributed by atoms with Crippen LogP contribution in [0.15, 0.2) is 41.3 Å². The summed E-state index contributed by atoms with van der Waals surface area (Å²) >= 11 is 6.40. The number of amides is 2. The van der Waals surface area contributed by atoms with Crippen molar-refractivity contribution >= 4 is 34.6 Å². The monoisotopic (exact) mass is 478 g/mol. The topological polar surface area (TPSA) is 92.2 Å². The van der Waals surface area contributed by atoms with Gasteiger partial charge in [-0.1, -0.05) is 29.8 Å². The molecule has 2 aromatic heterocycles. The molecular weight excluding hydrogens is 452 g/mol.